The van der Waals surface area contributed by atoms with Crippen molar-refractivity contribution < 1.29 is 14.4 Å². The molecule has 1 N–H and O–H groups in total. The average Bonchev–Trinajstić information content (AvgIpc) is 2.97. The molecule has 3 amide bonds. The fraction of sp³-hybridized carbons (Fsp3) is 0.667. The van der Waals surface area contributed by atoms with Crippen molar-refractivity contribution in [2.45, 2.75) is 91.9 Å². The average molecular weight is 602 g/mol. The Morgan fingerprint density at radius 1 is 0.952 bits per heavy atom. The van der Waals surface area contributed by atoms with Gasteiger partial charge in [0, 0.05) is 44.8 Å². The number of halogens is 1. The summed E-state index contributed by atoms with van der Waals surface area (Å²) in [7, 11) is 1.78. The summed E-state index contributed by atoms with van der Waals surface area (Å²) < 4.78 is 0. The van der Waals surface area contributed by atoms with Gasteiger partial charge in [0.05, 0.1) is 22.8 Å². The van der Waals surface area contributed by atoms with Crippen LogP contribution < -0.4 is 10.2 Å². The maximum absolute atomic E-state index is 13.9. The first-order chi connectivity index (χ1) is 19.8. The van der Waals surface area contributed by atoms with E-state index in [1.165, 1.54) is 0 Å². The number of likely N-dealkylation sites (N-methyl/N-ethyl adjacent to an activating group) is 1. The van der Waals surface area contributed by atoms with E-state index in [2.05, 4.69) is 42.8 Å². The van der Waals surface area contributed by atoms with Crippen LogP contribution in [0.3, 0.4) is 0 Å². The third kappa shape index (κ3) is 8.28. The number of likely N-dealkylation sites (tertiary alicyclic amines) is 1. The zero-order valence-electron chi connectivity index (χ0n) is 26.9. The zero-order valence-corrected chi connectivity index (χ0v) is 27.7. The minimum Gasteiger partial charge on any atom is -0.367 e. The molecule has 0 saturated carbocycles. The lowest BCUT2D eigenvalue weighted by Crippen LogP contribution is -2.58. The highest BCUT2D eigenvalue weighted by Gasteiger charge is 2.36. The third-order valence-corrected chi connectivity index (χ3v) is 9.06. The molecule has 0 bridgehead atoms. The molecule has 1 aromatic rings. The number of carbonyl (C=O) groups is 3. The molecule has 3 atom stereocenters. The summed E-state index contributed by atoms with van der Waals surface area (Å²) in [6.45, 7) is 17.6. The highest BCUT2D eigenvalue weighted by atomic mass is 35.5. The normalized spacial score (nSPS) is 20.2. The maximum atomic E-state index is 13.9. The fourth-order valence-corrected chi connectivity index (χ4v) is 6.43. The molecule has 234 valence electrons. The van der Waals surface area contributed by atoms with Crippen molar-refractivity contribution in [2.24, 2.45) is 11.8 Å². The van der Waals surface area contributed by atoms with Gasteiger partial charge in [-0.1, -0.05) is 63.9 Å². The van der Waals surface area contributed by atoms with Crippen LogP contribution in [0.2, 0.25) is 5.02 Å². The number of amides is 3. The zero-order chi connectivity index (χ0) is 31.1. The Labute approximate surface area is 258 Å². The molecular formula is C33H52ClN5O3. The van der Waals surface area contributed by atoms with Crippen molar-refractivity contribution in [3.05, 3.63) is 40.9 Å². The molecule has 0 aliphatic carbocycles. The predicted octanol–water partition coefficient (Wildman–Crippen LogP) is 4.82. The van der Waals surface area contributed by atoms with Gasteiger partial charge in [-0.3, -0.25) is 19.3 Å². The summed E-state index contributed by atoms with van der Waals surface area (Å²) in [5.41, 5.74) is 1.62. The van der Waals surface area contributed by atoms with E-state index in [0.29, 0.717) is 36.8 Å². The first-order valence-corrected chi connectivity index (χ1v) is 16.0. The van der Waals surface area contributed by atoms with Crippen LogP contribution in [0.1, 0.15) is 67.7 Å². The van der Waals surface area contributed by atoms with Gasteiger partial charge in [-0.05, 0) is 64.1 Å². The Kier molecular flexibility index (Phi) is 12.3. The van der Waals surface area contributed by atoms with Crippen LogP contribution in [0.25, 0.3) is 0 Å². The number of benzene rings is 1. The highest BCUT2D eigenvalue weighted by molar-refractivity contribution is 6.33. The summed E-state index contributed by atoms with van der Waals surface area (Å²) >= 11 is 6.39. The van der Waals surface area contributed by atoms with E-state index in [1.54, 1.807) is 11.9 Å². The smallest absolute Gasteiger partial charge is 0.249 e. The second kappa shape index (κ2) is 15.2. The number of hydrogen-bond acceptors (Lipinski definition) is 5. The van der Waals surface area contributed by atoms with Gasteiger partial charge >= 0.3 is 0 Å². The van der Waals surface area contributed by atoms with Crippen molar-refractivity contribution in [3.63, 3.8) is 0 Å². The molecule has 9 heteroatoms. The van der Waals surface area contributed by atoms with Crippen molar-refractivity contribution in [1.29, 1.82) is 0 Å². The maximum Gasteiger partial charge on any atom is 0.249 e. The minimum atomic E-state index is -0.637. The molecule has 3 rings (SSSR count). The first kappa shape index (κ1) is 33.9. The van der Waals surface area contributed by atoms with E-state index in [0.717, 1.165) is 31.5 Å². The lowest BCUT2D eigenvalue weighted by molar-refractivity contribution is -0.140. The van der Waals surface area contributed by atoms with Crippen LogP contribution in [0.5, 0.6) is 0 Å². The fourth-order valence-electron chi connectivity index (χ4n) is 6.17. The van der Waals surface area contributed by atoms with Crippen LogP contribution in [0.15, 0.2) is 35.9 Å². The minimum absolute atomic E-state index is 0.0138. The summed E-state index contributed by atoms with van der Waals surface area (Å²) in [5.74, 6) is -0.206. The topological polar surface area (TPSA) is 76.2 Å². The van der Waals surface area contributed by atoms with Gasteiger partial charge in [0.25, 0.3) is 0 Å². The Morgan fingerprint density at radius 3 is 2.17 bits per heavy atom. The monoisotopic (exact) mass is 601 g/mol. The number of para-hydroxylation sites is 1. The van der Waals surface area contributed by atoms with E-state index in [1.807, 2.05) is 56.0 Å². The third-order valence-electron chi connectivity index (χ3n) is 8.74. The number of carbonyl (C=O) groups excluding carboxylic acids is 3. The van der Waals surface area contributed by atoms with Crippen molar-refractivity contribution in [2.75, 3.05) is 44.7 Å². The van der Waals surface area contributed by atoms with Gasteiger partial charge in [-0.2, -0.15) is 0 Å². The molecule has 1 aromatic carbocycles. The molecule has 2 fully saturated rings. The SMILES string of the molecule is CC(=CC(C(C)C)N(C)C(=O)[C@@H](NC(=O)[C@H]1CCCCN1C(C)C)C(C)C)C(=O)N1CCN(c2ccccc2Cl)CC1. The van der Waals surface area contributed by atoms with Crippen LogP contribution >= 0.6 is 11.6 Å². The summed E-state index contributed by atoms with van der Waals surface area (Å²) in [4.78, 5) is 48.8. The summed E-state index contributed by atoms with van der Waals surface area (Å²) in [5, 5.41) is 3.83. The second-order valence-electron chi connectivity index (χ2n) is 12.8. The van der Waals surface area contributed by atoms with Gasteiger partial charge in [-0.25, -0.2) is 0 Å². The molecule has 0 radical (unpaired) electrons. The summed E-state index contributed by atoms with van der Waals surface area (Å²) in [6.07, 6.45) is 4.84. The Balaban J connectivity index is 1.68. The number of anilines is 1. The predicted molar refractivity (Wildman–Crippen MR) is 172 cm³/mol. The van der Waals surface area contributed by atoms with Crippen LogP contribution in [-0.2, 0) is 14.4 Å². The van der Waals surface area contributed by atoms with Gasteiger partial charge < -0.3 is 20.0 Å². The van der Waals surface area contributed by atoms with Crippen molar-refractivity contribution >= 4 is 35.0 Å². The molecule has 8 nitrogen and oxygen atoms in total. The number of hydrogen-bond donors (Lipinski definition) is 1. The Hall–Kier alpha value is -2.58. The molecule has 2 saturated heterocycles. The quantitative estimate of drug-likeness (QED) is 0.389. The van der Waals surface area contributed by atoms with E-state index < -0.39 is 6.04 Å². The number of nitrogens with one attached hydrogen (secondary N) is 1. The van der Waals surface area contributed by atoms with Gasteiger partial charge in [-0.15, -0.1) is 0 Å². The number of rotatable bonds is 10. The number of nitrogens with zero attached hydrogens (tertiary/aromatic N) is 4. The van der Waals surface area contributed by atoms with E-state index in [-0.39, 0.29) is 47.7 Å². The molecule has 2 heterocycles. The van der Waals surface area contributed by atoms with E-state index in [9.17, 15) is 14.4 Å². The summed E-state index contributed by atoms with van der Waals surface area (Å²) in [6, 6.07) is 6.92. The standard InChI is InChI=1S/C33H52ClN5O3/c1-22(2)29(21-25(7)32(41)38-19-17-37(18-20-38)27-14-10-9-13-26(27)34)36(8)33(42)30(23(3)4)35-31(40)28-15-11-12-16-39(28)24(5)6/h9-10,13-14,21-24,28-30H,11-12,15-20H2,1-8H3,(H,35,40)/t28-,29?,30+/m1/s1. The second-order valence-corrected chi connectivity index (χ2v) is 13.2. The lowest BCUT2D eigenvalue weighted by atomic mass is 9.95. The van der Waals surface area contributed by atoms with Crippen molar-refractivity contribution in [1.82, 2.24) is 20.0 Å². The van der Waals surface area contributed by atoms with Crippen LogP contribution in [-0.4, -0.2) is 96.4 Å². The Morgan fingerprint density at radius 2 is 1.60 bits per heavy atom. The molecular weight excluding hydrogens is 550 g/mol. The molecule has 42 heavy (non-hydrogen) atoms. The lowest BCUT2D eigenvalue weighted by Gasteiger charge is -2.39. The van der Waals surface area contributed by atoms with E-state index in [4.69, 9.17) is 11.6 Å². The largest absolute Gasteiger partial charge is 0.367 e. The molecule has 0 aromatic heterocycles. The van der Waals surface area contributed by atoms with E-state index >= 15 is 0 Å². The molecule has 1 unspecified atom stereocenters. The number of piperidine rings is 1. The molecule has 2 aliphatic heterocycles. The van der Waals surface area contributed by atoms with Crippen LogP contribution in [0.4, 0.5) is 5.69 Å². The number of piperazine rings is 1. The van der Waals surface area contributed by atoms with Crippen molar-refractivity contribution in [3.8, 4) is 0 Å². The Bertz CT molecular complexity index is 1110. The molecule has 2 aliphatic rings. The van der Waals surface area contributed by atoms with Gasteiger partial charge in [0.1, 0.15) is 6.04 Å². The van der Waals surface area contributed by atoms with Crippen LogP contribution in [0, 0.1) is 11.8 Å². The van der Waals surface area contributed by atoms with Gasteiger partial charge in [0.2, 0.25) is 17.7 Å². The van der Waals surface area contributed by atoms with Gasteiger partial charge in [0.15, 0.2) is 0 Å². The highest BCUT2D eigenvalue weighted by Crippen LogP contribution is 2.27. The molecule has 0 spiro atoms. The first-order valence-electron chi connectivity index (χ1n) is 15.6.